The fourth-order valence-electron chi connectivity index (χ4n) is 4.17. The second-order valence-corrected chi connectivity index (χ2v) is 8.27. The molecule has 158 valence electrons. The molecular weight excluding hydrogens is 388 g/mol. The van der Waals surface area contributed by atoms with Crippen LogP contribution in [0.15, 0.2) is 54.2 Å². The summed E-state index contributed by atoms with van der Waals surface area (Å²) in [6, 6.07) is 17.1. The van der Waals surface area contributed by atoms with Crippen LogP contribution < -0.4 is 10.2 Å². The Morgan fingerprint density at radius 3 is 2.77 bits per heavy atom. The number of fused-ring (bicyclic) bond motifs is 1. The first-order chi connectivity index (χ1) is 14.8. The number of ether oxygens (including phenoxy) is 1. The first kappa shape index (κ1) is 21.9. The molecule has 1 aliphatic heterocycles. The average molecular weight is 415 g/mol. The number of hydrogen-bond acceptors (Lipinski definition) is 4. The highest BCUT2D eigenvalue weighted by Gasteiger charge is 2.36. The fraction of sp³-hybridized carbons (Fsp3) is 0.320. The fourth-order valence-corrected chi connectivity index (χ4v) is 4.17. The van der Waals surface area contributed by atoms with Gasteiger partial charge in [0.15, 0.2) is 0 Å². The SMILES string of the molecule is [C-]#[N+]C(C#N)=Cc1ccc2c(c1)C(C)CC(C)(C)N2CCOC(=O)Nc1ccccc1. The topological polar surface area (TPSA) is 69.7 Å². The van der Waals surface area contributed by atoms with Gasteiger partial charge >= 0.3 is 6.09 Å². The van der Waals surface area contributed by atoms with Crippen molar-refractivity contribution in [2.24, 2.45) is 0 Å². The molecule has 0 fully saturated rings. The summed E-state index contributed by atoms with van der Waals surface area (Å²) in [4.78, 5) is 17.6. The zero-order valence-electron chi connectivity index (χ0n) is 18.1. The molecule has 0 aromatic heterocycles. The molecular formula is C25H26N4O2. The Balaban J connectivity index is 1.74. The van der Waals surface area contributed by atoms with Gasteiger partial charge in [-0.05, 0) is 61.6 Å². The van der Waals surface area contributed by atoms with E-state index in [0.717, 1.165) is 17.7 Å². The first-order valence-electron chi connectivity index (χ1n) is 10.2. The molecule has 2 aromatic carbocycles. The number of nitriles is 1. The molecule has 1 unspecified atom stereocenters. The minimum atomic E-state index is -0.474. The minimum Gasteiger partial charge on any atom is -0.447 e. The lowest BCUT2D eigenvalue weighted by atomic mass is 9.79. The van der Waals surface area contributed by atoms with Crippen molar-refractivity contribution >= 4 is 23.5 Å². The molecule has 0 bridgehead atoms. The summed E-state index contributed by atoms with van der Waals surface area (Å²) in [6.07, 6.45) is 2.08. The molecule has 0 aliphatic carbocycles. The Labute approximate surface area is 183 Å². The van der Waals surface area contributed by atoms with Gasteiger partial charge in [0.1, 0.15) is 6.61 Å². The van der Waals surface area contributed by atoms with Crippen molar-refractivity contribution in [2.45, 2.75) is 38.6 Å². The van der Waals surface area contributed by atoms with Crippen molar-refractivity contribution in [3.63, 3.8) is 0 Å². The number of para-hydroxylation sites is 1. The van der Waals surface area contributed by atoms with Crippen molar-refractivity contribution in [1.82, 2.24) is 0 Å². The maximum absolute atomic E-state index is 12.1. The van der Waals surface area contributed by atoms with Crippen molar-refractivity contribution < 1.29 is 9.53 Å². The van der Waals surface area contributed by atoms with Crippen LogP contribution in [0.5, 0.6) is 0 Å². The van der Waals surface area contributed by atoms with Crippen LogP contribution >= 0.6 is 0 Å². The normalized spacial score (nSPS) is 17.1. The van der Waals surface area contributed by atoms with Gasteiger partial charge in [0.2, 0.25) is 0 Å². The van der Waals surface area contributed by atoms with Crippen molar-refractivity contribution in [3.05, 3.63) is 76.8 Å². The quantitative estimate of drug-likeness (QED) is 0.495. The van der Waals surface area contributed by atoms with E-state index in [9.17, 15) is 4.79 Å². The van der Waals surface area contributed by atoms with Crippen molar-refractivity contribution in [3.8, 4) is 6.07 Å². The highest BCUT2D eigenvalue weighted by molar-refractivity contribution is 5.84. The zero-order chi connectivity index (χ0) is 22.4. The third-order valence-electron chi connectivity index (χ3n) is 5.52. The minimum absolute atomic E-state index is 0.0680. The number of carbonyl (C=O) groups excluding carboxylic acids is 1. The smallest absolute Gasteiger partial charge is 0.411 e. The van der Waals surface area contributed by atoms with Gasteiger partial charge in [-0.25, -0.2) is 14.9 Å². The van der Waals surface area contributed by atoms with E-state index in [-0.39, 0.29) is 17.8 Å². The number of amides is 1. The molecule has 0 radical (unpaired) electrons. The summed E-state index contributed by atoms with van der Waals surface area (Å²) in [5, 5.41) is 11.8. The Hall–Kier alpha value is -3.77. The maximum atomic E-state index is 12.1. The van der Waals surface area contributed by atoms with Gasteiger partial charge in [-0.3, -0.25) is 5.32 Å². The van der Waals surface area contributed by atoms with Crippen LogP contribution in [0.1, 0.15) is 44.2 Å². The van der Waals surface area contributed by atoms with Crippen molar-refractivity contribution in [1.29, 1.82) is 5.26 Å². The lowest BCUT2D eigenvalue weighted by molar-refractivity contribution is 0.161. The van der Waals surface area contributed by atoms with Gasteiger partial charge in [0.05, 0.1) is 19.2 Å². The first-order valence-corrected chi connectivity index (χ1v) is 10.2. The largest absolute Gasteiger partial charge is 0.447 e. The second-order valence-electron chi connectivity index (χ2n) is 8.27. The number of benzene rings is 2. The lowest BCUT2D eigenvalue weighted by Crippen LogP contribution is -2.50. The van der Waals surface area contributed by atoms with Crippen LogP contribution in [0.2, 0.25) is 0 Å². The number of rotatable bonds is 5. The van der Waals surface area contributed by atoms with E-state index in [2.05, 4.69) is 35.8 Å². The second kappa shape index (κ2) is 9.36. The van der Waals surface area contributed by atoms with Crippen LogP contribution in [0.25, 0.3) is 10.9 Å². The van der Waals surface area contributed by atoms with Crippen LogP contribution in [0, 0.1) is 17.9 Å². The molecule has 3 rings (SSSR count). The summed E-state index contributed by atoms with van der Waals surface area (Å²) in [5.41, 5.74) is 3.77. The molecule has 0 spiro atoms. The monoisotopic (exact) mass is 414 g/mol. The third kappa shape index (κ3) is 5.24. The standard InChI is InChI=1S/C25H26N4O2/c1-18-16-25(2,3)29(12-13-31-24(30)28-20-8-6-5-7-9-20)23-11-10-19(15-22(18)23)14-21(17-26)27-4/h5-11,14-15,18H,12-13,16H2,1-3H3,(H,28,30). The van der Waals surface area contributed by atoms with Gasteiger partial charge in [0, 0.05) is 16.9 Å². The molecule has 1 atom stereocenters. The summed E-state index contributed by atoms with van der Waals surface area (Å²) >= 11 is 0. The van der Waals surface area contributed by atoms with Gasteiger partial charge in [-0.15, -0.1) is 0 Å². The molecule has 0 saturated carbocycles. The molecule has 1 N–H and O–H groups in total. The van der Waals surface area contributed by atoms with Crippen LogP contribution in [-0.4, -0.2) is 24.8 Å². The highest BCUT2D eigenvalue weighted by atomic mass is 16.5. The van der Waals surface area contributed by atoms with E-state index in [4.69, 9.17) is 16.6 Å². The van der Waals surface area contributed by atoms with Gasteiger partial charge in [-0.2, -0.15) is 0 Å². The molecule has 31 heavy (non-hydrogen) atoms. The molecule has 1 aliphatic rings. The van der Waals surface area contributed by atoms with Crippen molar-refractivity contribution in [2.75, 3.05) is 23.4 Å². The van der Waals surface area contributed by atoms with E-state index < -0.39 is 6.09 Å². The number of allylic oxidation sites excluding steroid dienone is 1. The molecule has 6 heteroatoms. The van der Waals surface area contributed by atoms with Crippen LogP contribution in [0.3, 0.4) is 0 Å². The molecule has 6 nitrogen and oxygen atoms in total. The molecule has 1 heterocycles. The Morgan fingerprint density at radius 2 is 2.10 bits per heavy atom. The van der Waals surface area contributed by atoms with Gasteiger partial charge in [-0.1, -0.05) is 37.3 Å². The number of carbonyl (C=O) groups is 1. The number of nitrogens with zero attached hydrogens (tertiary/aromatic N) is 3. The molecule has 0 saturated heterocycles. The summed E-state index contributed by atoms with van der Waals surface area (Å²) in [6.45, 7) is 14.5. The molecule has 2 aromatic rings. The number of anilines is 2. The molecule has 1 amide bonds. The van der Waals surface area contributed by atoms with Crippen LogP contribution in [0.4, 0.5) is 16.2 Å². The number of nitrogens with one attached hydrogen (secondary N) is 1. The third-order valence-corrected chi connectivity index (χ3v) is 5.52. The predicted octanol–water partition coefficient (Wildman–Crippen LogP) is 5.81. The Bertz CT molecular complexity index is 1050. The Kier molecular flexibility index (Phi) is 6.62. The van der Waals surface area contributed by atoms with E-state index >= 15 is 0 Å². The van der Waals surface area contributed by atoms with Gasteiger partial charge in [0.25, 0.3) is 5.70 Å². The predicted molar refractivity (Wildman–Crippen MR) is 123 cm³/mol. The average Bonchev–Trinajstić information content (AvgIpc) is 2.74. The zero-order valence-corrected chi connectivity index (χ0v) is 18.1. The Morgan fingerprint density at radius 1 is 1.35 bits per heavy atom. The van der Waals surface area contributed by atoms with E-state index in [0.29, 0.717) is 18.2 Å². The highest BCUT2D eigenvalue weighted by Crippen LogP contribution is 2.43. The summed E-state index contributed by atoms with van der Waals surface area (Å²) in [7, 11) is 0. The number of hydrogen-bond donors (Lipinski definition) is 1. The summed E-state index contributed by atoms with van der Waals surface area (Å²) in [5.74, 6) is 0.329. The maximum Gasteiger partial charge on any atom is 0.411 e. The van der Waals surface area contributed by atoms with Crippen LogP contribution in [-0.2, 0) is 4.74 Å². The van der Waals surface area contributed by atoms with Gasteiger partial charge < -0.3 is 9.64 Å². The lowest BCUT2D eigenvalue weighted by Gasteiger charge is -2.47. The van der Waals surface area contributed by atoms with E-state index in [1.807, 2.05) is 54.6 Å². The van der Waals surface area contributed by atoms with E-state index in [1.165, 1.54) is 5.56 Å². The summed E-state index contributed by atoms with van der Waals surface area (Å²) < 4.78 is 5.42. The van der Waals surface area contributed by atoms with E-state index in [1.54, 1.807) is 6.08 Å².